The van der Waals surface area contributed by atoms with E-state index in [2.05, 4.69) is 10.6 Å². The quantitative estimate of drug-likeness (QED) is 0.568. The lowest BCUT2D eigenvalue weighted by Crippen LogP contribution is -2.15. The lowest BCUT2D eigenvalue weighted by Gasteiger charge is -2.14. The molecule has 0 bridgehead atoms. The normalized spacial score (nSPS) is 11.0. The van der Waals surface area contributed by atoms with E-state index >= 15 is 0 Å². The number of halogens is 3. The minimum absolute atomic E-state index is 0.0735. The van der Waals surface area contributed by atoms with Gasteiger partial charge < -0.3 is 15.4 Å². The lowest BCUT2D eigenvalue weighted by molar-refractivity contribution is -0.137. The van der Waals surface area contributed by atoms with Gasteiger partial charge in [-0.05, 0) is 36.4 Å². The number of carbonyl (C=O) groups excluding carboxylic acids is 1. The number of para-hydroxylation sites is 2. The van der Waals surface area contributed by atoms with Crippen molar-refractivity contribution in [2.45, 2.75) is 12.7 Å². The minimum atomic E-state index is -4.48. The molecular formula is C22H19F3N2O2. The highest BCUT2D eigenvalue weighted by Crippen LogP contribution is 2.31. The van der Waals surface area contributed by atoms with Gasteiger partial charge in [0.2, 0.25) is 0 Å². The molecule has 0 atom stereocenters. The maximum Gasteiger partial charge on any atom is 0.416 e. The summed E-state index contributed by atoms with van der Waals surface area (Å²) in [5.74, 6) is 0.207. The Morgan fingerprint density at radius 3 is 2.45 bits per heavy atom. The molecule has 4 nitrogen and oxygen atoms in total. The first-order valence-electron chi connectivity index (χ1n) is 8.82. The first-order chi connectivity index (χ1) is 13.9. The van der Waals surface area contributed by atoms with Crippen LogP contribution in [-0.2, 0) is 12.7 Å². The molecule has 150 valence electrons. The summed E-state index contributed by atoms with van der Waals surface area (Å²) in [6.07, 6.45) is -4.48. The number of benzene rings is 3. The molecule has 0 heterocycles. The molecule has 0 spiro atoms. The standard InChI is InChI=1S/C22H19F3N2O2/c1-29-20-12-5-2-7-15(20)14-26-19-11-4-3-10-18(19)21(28)27-17-9-6-8-16(13-17)22(23,24)25/h2-13,26H,14H2,1H3,(H,27,28). The summed E-state index contributed by atoms with van der Waals surface area (Å²) >= 11 is 0. The molecule has 29 heavy (non-hydrogen) atoms. The van der Waals surface area contributed by atoms with Crippen molar-refractivity contribution in [1.82, 2.24) is 0 Å². The van der Waals surface area contributed by atoms with E-state index in [1.807, 2.05) is 24.3 Å². The molecular weight excluding hydrogens is 381 g/mol. The molecule has 3 aromatic carbocycles. The molecule has 0 saturated heterocycles. The van der Waals surface area contributed by atoms with E-state index in [0.717, 1.165) is 17.7 Å². The lowest BCUT2D eigenvalue weighted by atomic mass is 10.1. The number of rotatable bonds is 6. The smallest absolute Gasteiger partial charge is 0.416 e. The van der Waals surface area contributed by atoms with Crippen molar-refractivity contribution < 1.29 is 22.7 Å². The molecule has 1 amide bonds. The summed E-state index contributed by atoms with van der Waals surface area (Å²) in [7, 11) is 1.58. The van der Waals surface area contributed by atoms with Crippen LogP contribution in [-0.4, -0.2) is 13.0 Å². The summed E-state index contributed by atoms with van der Waals surface area (Å²) < 4.78 is 44.0. The van der Waals surface area contributed by atoms with E-state index in [0.29, 0.717) is 23.5 Å². The molecule has 0 aliphatic heterocycles. The largest absolute Gasteiger partial charge is 0.496 e. The van der Waals surface area contributed by atoms with Crippen LogP contribution in [0.3, 0.4) is 0 Å². The summed E-state index contributed by atoms with van der Waals surface area (Å²) in [5, 5.41) is 5.71. The maximum atomic E-state index is 12.9. The van der Waals surface area contributed by atoms with Crippen LogP contribution in [0.1, 0.15) is 21.5 Å². The molecule has 0 aromatic heterocycles. The zero-order chi connectivity index (χ0) is 20.9. The monoisotopic (exact) mass is 400 g/mol. The Morgan fingerprint density at radius 2 is 1.69 bits per heavy atom. The van der Waals surface area contributed by atoms with Gasteiger partial charge in [0.25, 0.3) is 5.91 Å². The number of ether oxygens (including phenoxy) is 1. The predicted octanol–water partition coefficient (Wildman–Crippen LogP) is 5.58. The second-order valence-electron chi connectivity index (χ2n) is 6.24. The fourth-order valence-corrected chi connectivity index (χ4v) is 2.85. The van der Waals surface area contributed by atoms with Gasteiger partial charge in [0.05, 0.1) is 18.2 Å². The number of hydrogen-bond donors (Lipinski definition) is 2. The number of anilines is 2. The second kappa shape index (κ2) is 8.68. The zero-order valence-electron chi connectivity index (χ0n) is 15.6. The first kappa shape index (κ1) is 20.3. The van der Waals surface area contributed by atoms with Gasteiger partial charge in [0, 0.05) is 23.5 Å². The van der Waals surface area contributed by atoms with Crippen molar-refractivity contribution in [3.05, 3.63) is 89.5 Å². The van der Waals surface area contributed by atoms with Crippen molar-refractivity contribution >= 4 is 17.3 Å². The molecule has 0 fully saturated rings. The van der Waals surface area contributed by atoms with E-state index in [1.165, 1.54) is 12.1 Å². The Balaban J connectivity index is 1.77. The van der Waals surface area contributed by atoms with Crippen molar-refractivity contribution in [3.63, 3.8) is 0 Å². The van der Waals surface area contributed by atoms with Gasteiger partial charge in [-0.2, -0.15) is 13.2 Å². The van der Waals surface area contributed by atoms with Gasteiger partial charge >= 0.3 is 6.18 Å². The summed E-state index contributed by atoms with van der Waals surface area (Å²) in [6.45, 7) is 0.415. The van der Waals surface area contributed by atoms with Crippen LogP contribution < -0.4 is 15.4 Å². The topological polar surface area (TPSA) is 50.4 Å². The molecule has 0 aliphatic carbocycles. The third kappa shape index (κ3) is 5.07. The first-order valence-corrected chi connectivity index (χ1v) is 8.82. The van der Waals surface area contributed by atoms with Crippen LogP contribution in [0.25, 0.3) is 0 Å². The summed E-state index contributed by atoms with van der Waals surface area (Å²) in [5.41, 5.74) is 1.04. The number of amides is 1. The maximum absolute atomic E-state index is 12.9. The van der Waals surface area contributed by atoms with E-state index < -0.39 is 17.6 Å². The van der Waals surface area contributed by atoms with E-state index in [9.17, 15) is 18.0 Å². The summed E-state index contributed by atoms with van der Waals surface area (Å²) in [4.78, 5) is 12.7. The number of hydrogen-bond acceptors (Lipinski definition) is 3. The van der Waals surface area contributed by atoms with E-state index in [-0.39, 0.29) is 5.69 Å². The van der Waals surface area contributed by atoms with Crippen molar-refractivity contribution in [3.8, 4) is 5.75 Å². The average molecular weight is 400 g/mol. The average Bonchev–Trinajstić information content (AvgIpc) is 2.72. The highest BCUT2D eigenvalue weighted by atomic mass is 19.4. The number of nitrogens with one attached hydrogen (secondary N) is 2. The molecule has 0 aliphatic rings. The molecule has 3 aromatic rings. The third-order valence-electron chi connectivity index (χ3n) is 4.28. The van der Waals surface area contributed by atoms with Crippen LogP contribution in [0.4, 0.5) is 24.5 Å². The highest BCUT2D eigenvalue weighted by Gasteiger charge is 2.30. The van der Waals surface area contributed by atoms with Gasteiger partial charge in [-0.25, -0.2) is 0 Å². The highest BCUT2D eigenvalue weighted by molar-refractivity contribution is 6.08. The van der Waals surface area contributed by atoms with E-state index in [4.69, 9.17) is 4.74 Å². The molecule has 0 radical (unpaired) electrons. The number of methoxy groups -OCH3 is 1. The second-order valence-corrected chi connectivity index (χ2v) is 6.24. The third-order valence-corrected chi connectivity index (χ3v) is 4.28. The van der Waals surface area contributed by atoms with Gasteiger partial charge in [0.15, 0.2) is 0 Å². The van der Waals surface area contributed by atoms with Gasteiger partial charge in [-0.3, -0.25) is 4.79 Å². The van der Waals surface area contributed by atoms with Gasteiger partial charge in [-0.1, -0.05) is 36.4 Å². The number of carbonyl (C=O) groups is 1. The number of alkyl halides is 3. The van der Waals surface area contributed by atoms with Crippen LogP contribution in [0.15, 0.2) is 72.8 Å². The fraction of sp³-hybridized carbons (Fsp3) is 0.136. The molecule has 0 saturated carbocycles. The Morgan fingerprint density at radius 1 is 0.966 bits per heavy atom. The van der Waals surface area contributed by atoms with Crippen LogP contribution in [0, 0.1) is 0 Å². The Kier molecular flexibility index (Phi) is 6.07. The van der Waals surface area contributed by atoms with Gasteiger partial charge in [-0.15, -0.1) is 0 Å². The van der Waals surface area contributed by atoms with Crippen molar-refractivity contribution in [2.75, 3.05) is 17.7 Å². The molecule has 0 unspecified atom stereocenters. The fourth-order valence-electron chi connectivity index (χ4n) is 2.85. The molecule has 3 rings (SSSR count). The Bertz CT molecular complexity index is 1000. The Hall–Kier alpha value is -3.48. The minimum Gasteiger partial charge on any atom is -0.496 e. The van der Waals surface area contributed by atoms with Crippen molar-refractivity contribution in [1.29, 1.82) is 0 Å². The molecule has 7 heteroatoms. The van der Waals surface area contributed by atoms with Crippen LogP contribution in [0.5, 0.6) is 5.75 Å². The predicted molar refractivity (Wildman–Crippen MR) is 106 cm³/mol. The van der Waals surface area contributed by atoms with Gasteiger partial charge in [0.1, 0.15) is 5.75 Å². The van der Waals surface area contributed by atoms with Crippen LogP contribution >= 0.6 is 0 Å². The van der Waals surface area contributed by atoms with Crippen LogP contribution in [0.2, 0.25) is 0 Å². The molecule has 2 N–H and O–H groups in total. The summed E-state index contributed by atoms with van der Waals surface area (Å²) in [6, 6.07) is 18.8. The zero-order valence-corrected chi connectivity index (χ0v) is 15.6. The van der Waals surface area contributed by atoms with E-state index in [1.54, 1.807) is 31.4 Å². The SMILES string of the molecule is COc1ccccc1CNc1ccccc1C(=O)Nc1cccc(C(F)(F)F)c1. The van der Waals surface area contributed by atoms with Crippen molar-refractivity contribution in [2.24, 2.45) is 0 Å². The Labute approximate surface area is 166 Å².